The van der Waals surface area contributed by atoms with Crippen LogP contribution in [0.25, 0.3) is 0 Å². The van der Waals surface area contributed by atoms with Crippen LogP contribution in [0.2, 0.25) is 0 Å². The second-order valence-electron chi connectivity index (χ2n) is 4.25. The van der Waals surface area contributed by atoms with E-state index in [-0.39, 0.29) is 18.0 Å². The Kier molecular flexibility index (Phi) is 5.96. The Morgan fingerprint density at radius 2 is 2.00 bits per heavy atom. The molecule has 0 aliphatic carbocycles. The van der Waals surface area contributed by atoms with Gasteiger partial charge >= 0.3 is 5.97 Å². The van der Waals surface area contributed by atoms with Crippen molar-refractivity contribution in [2.75, 3.05) is 27.8 Å². The number of carbonyl (C=O) groups is 2. The molecule has 0 unspecified atom stereocenters. The van der Waals surface area contributed by atoms with Crippen molar-refractivity contribution in [1.82, 2.24) is 4.90 Å². The van der Waals surface area contributed by atoms with Crippen LogP contribution in [0.1, 0.15) is 23.2 Å². The van der Waals surface area contributed by atoms with Gasteiger partial charge in [0.15, 0.2) is 0 Å². The third kappa shape index (κ3) is 4.22. The molecular formula is C14H18FNO4. The van der Waals surface area contributed by atoms with E-state index in [0.717, 1.165) is 6.07 Å². The molecule has 0 bridgehead atoms. The summed E-state index contributed by atoms with van der Waals surface area (Å²) in [6, 6.07) is 4.07. The molecule has 0 radical (unpaired) electrons. The lowest BCUT2D eigenvalue weighted by Gasteiger charge is -2.17. The molecule has 110 valence electrons. The highest BCUT2D eigenvalue weighted by Gasteiger charge is 2.16. The Balaban J connectivity index is 2.62. The molecule has 20 heavy (non-hydrogen) atoms. The first-order chi connectivity index (χ1) is 9.49. The standard InChI is InChI=1S/C14H18FNO4/c1-16(8-4-5-13(17)20-3)14(18)11-7-6-10(19-2)9-12(11)15/h6-7,9H,4-5,8H2,1-3H3. The molecule has 0 atom stereocenters. The second kappa shape index (κ2) is 7.47. The molecule has 0 aliphatic heterocycles. The van der Waals surface area contributed by atoms with E-state index >= 15 is 0 Å². The maximum absolute atomic E-state index is 13.8. The minimum Gasteiger partial charge on any atom is -0.497 e. The summed E-state index contributed by atoms with van der Waals surface area (Å²) in [6.07, 6.45) is 0.686. The topological polar surface area (TPSA) is 55.8 Å². The van der Waals surface area contributed by atoms with E-state index in [1.54, 1.807) is 7.05 Å². The fourth-order valence-corrected chi connectivity index (χ4v) is 1.67. The minimum atomic E-state index is -0.630. The molecule has 0 fully saturated rings. The molecule has 1 rings (SSSR count). The molecule has 5 nitrogen and oxygen atoms in total. The molecule has 0 aliphatic rings. The largest absolute Gasteiger partial charge is 0.497 e. The van der Waals surface area contributed by atoms with E-state index in [1.165, 1.54) is 31.3 Å². The average molecular weight is 283 g/mol. The maximum atomic E-state index is 13.8. The van der Waals surface area contributed by atoms with Gasteiger partial charge in [0, 0.05) is 26.1 Å². The van der Waals surface area contributed by atoms with Gasteiger partial charge in [0.2, 0.25) is 0 Å². The SMILES string of the molecule is COC(=O)CCCN(C)C(=O)c1ccc(OC)cc1F. The van der Waals surface area contributed by atoms with Gasteiger partial charge in [-0.3, -0.25) is 9.59 Å². The number of benzene rings is 1. The van der Waals surface area contributed by atoms with E-state index in [4.69, 9.17) is 4.74 Å². The van der Waals surface area contributed by atoms with E-state index in [0.29, 0.717) is 18.7 Å². The smallest absolute Gasteiger partial charge is 0.305 e. The van der Waals surface area contributed by atoms with Gasteiger partial charge in [-0.1, -0.05) is 0 Å². The van der Waals surface area contributed by atoms with E-state index in [1.807, 2.05) is 0 Å². The van der Waals surface area contributed by atoms with Crippen LogP contribution in [-0.4, -0.2) is 44.6 Å². The third-order valence-electron chi connectivity index (χ3n) is 2.86. The number of esters is 1. The predicted molar refractivity (Wildman–Crippen MR) is 71.2 cm³/mol. The Morgan fingerprint density at radius 3 is 2.55 bits per heavy atom. The monoisotopic (exact) mass is 283 g/mol. The Bertz CT molecular complexity index is 490. The van der Waals surface area contributed by atoms with Crippen molar-refractivity contribution < 1.29 is 23.5 Å². The van der Waals surface area contributed by atoms with Crippen molar-refractivity contribution in [3.63, 3.8) is 0 Å². The van der Waals surface area contributed by atoms with Crippen molar-refractivity contribution >= 4 is 11.9 Å². The van der Waals surface area contributed by atoms with Gasteiger partial charge in [0.05, 0.1) is 19.8 Å². The summed E-state index contributed by atoms with van der Waals surface area (Å²) < 4.78 is 23.1. The van der Waals surface area contributed by atoms with Crippen LogP contribution >= 0.6 is 0 Å². The Hall–Kier alpha value is -2.11. The zero-order valence-corrected chi connectivity index (χ0v) is 11.8. The molecule has 1 aromatic carbocycles. The lowest BCUT2D eigenvalue weighted by atomic mass is 10.1. The number of nitrogens with zero attached hydrogens (tertiary/aromatic N) is 1. The number of carbonyl (C=O) groups excluding carboxylic acids is 2. The zero-order chi connectivity index (χ0) is 15.1. The van der Waals surface area contributed by atoms with Crippen molar-refractivity contribution in [2.24, 2.45) is 0 Å². The van der Waals surface area contributed by atoms with Gasteiger partial charge in [0.25, 0.3) is 5.91 Å². The summed E-state index contributed by atoms with van der Waals surface area (Å²) in [5.41, 5.74) is -0.0219. The number of halogens is 1. The van der Waals surface area contributed by atoms with Gasteiger partial charge in [-0.2, -0.15) is 0 Å². The Morgan fingerprint density at radius 1 is 1.30 bits per heavy atom. The molecule has 0 spiro atoms. The molecular weight excluding hydrogens is 265 g/mol. The van der Waals surface area contributed by atoms with Crippen LogP contribution in [0.3, 0.4) is 0 Å². The number of ether oxygens (including phenoxy) is 2. The van der Waals surface area contributed by atoms with E-state index in [9.17, 15) is 14.0 Å². The number of rotatable bonds is 6. The number of amides is 1. The maximum Gasteiger partial charge on any atom is 0.305 e. The van der Waals surface area contributed by atoms with Crippen LogP contribution in [0.15, 0.2) is 18.2 Å². The third-order valence-corrected chi connectivity index (χ3v) is 2.86. The van der Waals surface area contributed by atoms with Crippen LogP contribution in [0, 0.1) is 5.82 Å². The molecule has 1 amide bonds. The lowest BCUT2D eigenvalue weighted by molar-refractivity contribution is -0.140. The van der Waals surface area contributed by atoms with Crippen molar-refractivity contribution in [2.45, 2.75) is 12.8 Å². The van der Waals surface area contributed by atoms with Crippen LogP contribution < -0.4 is 4.74 Å². The van der Waals surface area contributed by atoms with Gasteiger partial charge in [-0.25, -0.2) is 4.39 Å². The first-order valence-electron chi connectivity index (χ1n) is 6.15. The molecule has 6 heteroatoms. The van der Waals surface area contributed by atoms with Crippen LogP contribution in [-0.2, 0) is 9.53 Å². The second-order valence-corrected chi connectivity index (χ2v) is 4.25. The minimum absolute atomic E-state index is 0.0219. The molecule has 1 aromatic rings. The van der Waals surface area contributed by atoms with Gasteiger partial charge in [-0.15, -0.1) is 0 Å². The van der Waals surface area contributed by atoms with Crippen molar-refractivity contribution in [3.8, 4) is 5.75 Å². The van der Waals surface area contributed by atoms with Crippen molar-refractivity contribution in [3.05, 3.63) is 29.6 Å². The summed E-state index contributed by atoms with van der Waals surface area (Å²) in [5, 5.41) is 0. The summed E-state index contributed by atoms with van der Waals surface area (Å²) >= 11 is 0. The lowest BCUT2D eigenvalue weighted by Crippen LogP contribution is -2.28. The quantitative estimate of drug-likeness (QED) is 0.748. The molecule has 0 N–H and O–H groups in total. The first-order valence-corrected chi connectivity index (χ1v) is 6.15. The first kappa shape index (κ1) is 15.9. The highest BCUT2D eigenvalue weighted by atomic mass is 19.1. The van der Waals surface area contributed by atoms with Gasteiger partial charge < -0.3 is 14.4 Å². The summed E-state index contributed by atoms with van der Waals surface area (Å²) in [7, 11) is 4.29. The predicted octanol–water partition coefficient (Wildman–Crippen LogP) is 1.86. The normalized spacial score (nSPS) is 10.0. The molecule has 0 heterocycles. The summed E-state index contributed by atoms with van der Waals surface area (Å²) in [6.45, 7) is 0.347. The fourth-order valence-electron chi connectivity index (χ4n) is 1.67. The van der Waals surface area contributed by atoms with Gasteiger partial charge in [0.1, 0.15) is 11.6 Å². The fraction of sp³-hybridized carbons (Fsp3) is 0.429. The van der Waals surface area contributed by atoms with Crippen molar-refractivity contribution in [1.29, 1.82) is 0 Å². The van der Waals surface area contributed by atoms with E-state index < -0.39 is 11.7 Å². The highest BCUT2D eigenvalue weighted by molar-refractivity contribution is 5.94. The molecule has 0 saturated carbocycles. The van der Waals surface area contributed by atoms with Crippen LogP contribution in [0.5, 0.6) is 5.75 Å². The summed E-state index contributed by atoms with van der Waals surface area (Å²) in [4.78, 5) is 24.4. The number of hydrogen-bond donors (Lipinski definition) is 0. The number of hydrogen-bond acceptors (Lipinski definition) is 4. The van der Waals surface area contributed by atoms with Gasteiger partial charge in [-0.05, 0) is 18.6 Å². The molecule has 0 saturated heterocycles. The average Bonchev–Trinajstić information content (AvgIpc) is 2.45. The Labute approximate surface area is 117 Å². The van der Waals surface area contributed by atoms with Crippen LogP contribution in [0.4, 0.5) is 4.39 Å². The zero-order valence-electron chi connectivity index (χ0n) is 11.8. The highest BCUT2D eigenvalue weighted by Crippen LogP contribution is 2.17. The number of methoxy groups -OCH3 is 2. The van der Waals surface area contributed by atoms with E-state index in [2.05, 4.69) is 4.74 Å². The summed E-state index contributed by atoms with van der Waals surface area (Å²) in [5.74, 6) is -1.04. The molecule has 0 aromatic heterocycles.